The number of pyridine rings is 2. The first-order valence-corrected chi connectivity index (χ1v) is 12.1. The quantitative estimate of drug-likeness (QED) is 0.297. The van der Waals surface area contributed by atoms with E-state index in [-0.39, 0.29) is 28.5 Å². The Labute approximate surface area is 213 Å². The van der Waals surface area contributed by atoms with Gasteiger partial charge in [0.2, 0.25) is 11.8 Å². The second-order valence-electron chi connectivity index (χ2n) is 8.31. The van der Waals surface area contributed by atoms with Crippen molar-refractivity contribution in [2.24, 2.45) is 11.7 Å². The number of nitrogens with zero attached hydrogens (tertiary/aromatic N) is 5. The van der Waals surface area contributed by atoms with Gasteiger partial charge in [-0.2, -0.15) is 13.2 Å². The molecular weight excluding hydrogens is 509 g/mol. The largest absolute Gasteiger partial charge is 0.434 e. The number of amides is 2. The molecule has 2 amide bonds. The summed E-state index contributed by atoms with van der Waals surface area (Å²) in [6.45, 7) is 5.99. The lowest BCUT2D eigenvalue weighted by Crippen LogP contribution is -2.28. The molecule has 194 valence electrons. The zero-order chi connectivity index (χ0) is 26.7. The summed E-state index contributed by atoms with van der Waals surface area (Å²) in [4.78, 5) is 24.2. The molecule has 0 saturated heterocycles. The van der Waals surface area contributed by atoms with Gasteiger partial charge in [0.05, 0.1) is 11.6 Å². The monoisotopic (exact) mass is 532 g/mol. The minimum absolute atomic E-state index is 0.0813. The van der Waals surface area contributed by atoms with Crippen molar-refractivity contribution in [2.75, 3.05) is 11.9 Å². The summed E-state index contributed by atoms with van der Waals surface area (Å²) < 4.78 is 45.5. The third kappa shape index (κ3) is 5.91. The lowest BCUT2D eigenvalue weighted by Gasteiger charge is -2.11. The molecule has 4 N–H and O–H groups in total. The molecule has 0 saturated carbocycles. The van der Waals surface area contributed by atoms with Crippen LogP contribution >= 0.6 is 11.3 Å². The number of urea groups is 1. The third-order valence-electron chi connectivity index (χ3n) is 5.25. The predicted molar refractivity (Wildman–Crippen MR) is 131 cm³/mol. The second kappa shape index (κ2) is 10.6. The van der Waals surface area contributed by atoms with E-state index in [9.17, 15) is 18.0 Å². The maximum absolute atomic E-state index is 13.3. The van der Waals surface area contributed by atoms with E-state index < -0.39 is 23.9 Å². The average molecular weight is 533 g/mol. The molecule has 37 heavy (non-hydrogen) atoms. The van der Waals surface area contributed by atoms with E-state index in [0.717, 1.165) is 16.7 Å². The highest BCUT2D eigenvalue weighted by Crippen LogP contribution is 2.39. The fraction of sp³-hybridized carbons (Fsp3) is 0.304. The fourth-order valence-electron chi connectivity index (χ4n) is 3.25. The summed E-state index contributed by atoms with van der Waals surface area (Å²) in [7, 11) is 0. The van der Waals surface area contributed by atoms with Crippen LogP contribution in [0.3, 0.4) is 0 Å². The molecular formula is C23H23F3N8O2S. The molecule has 14 heteroatoms. The molecule has 0 fully saturated rings. The molecule has 0 aliphatic heterocycles. The van der Waals surface area contributed by atoms with E-state index in [0.29, 0.717) is 28.8 Å². The number of hydrogen-bond donors (Lipinski definition) is 3. The number of aromatic nitrogens is 5. The number of carbonyl (C=O) groups excluding carboxylic acids is 1. The van der Waals surface area contributed by atoms with Gasteiger partial charge in [-0.3, -0.25) is 10.3 Å². The van der Waals surface area contributed by atoms with Crippen molar-refractivity contribution < 1.29 is 22.4 Å². The third-order valence-corrected chi connectivity index (χ3v) is 6.12. The number of rotatable bonds is 7. The topological polar surface area (TPSA) is 145 Å². The highest BCUT2D eigenvalue weighted by molar-refractivity contribution is 7.13. The molecule has 0 aliphatic rings. The summed E-state index contributed by atoms with van der Waals surface area (Å²) in [6.07, 6.45) is -0.125. The van der Waals surface area contributed by atoms with Crippen LogP contribution in [-0.2, 0) is 6.18 Å². The maximum Gasteiger partial charge on any atom is 0.434 e. The van der Waals surface area contributed by atoms with Crippen LogP contribution in [0.1, 0.15) is 38.4 Å². The van der Waals surface area contributed by atoms with E-state index in [1.165, 1.54) is 24.7 Å². The van der Waals surface area contributed by atoms with Crippen molar-refractivity contribution in [1.29, 1.82) is 0 Å². The molecule has 1 unspecified atom stereocenters. The first kappa shape index (κ1) is 26.2. The number of thiazole rings is 1. The summed E-state index contributed by atoms with van der Waals surface area (Å²) in [5.41, 5.74) is 6.85. The zero-order valence-corrected chi connectivity index (χ0v) is 20.8. The minimum atomic E-state index is -4.60. The van der Waals surface area contributed by atoms with Crippen LogP contribution < -0.4 is 16.4 Å². The van der Waals surface area contributed by atoms with E-state index in [1.54, 1.807) is 13.0 Å². The van der Waals surface area contributed by atoms with Crippen LogP contribution in [0.4, 0.5) is 23.8 Å². The lowest BCUT2D eigenvalue weighted by molar-refractivity contribution is -0.140. The molecule has 4 rings (SSSR count). The molecule has 0 aliphatic carbocycles. The smallest absolute Gasteiger partial charge is 0.419 e. The van der Waals surface area contributed by atoms with Gasteiger partial charge in [0.15, 0.2) is 5.69 Å². The highest BCUT2D eigenvalue weighted by Gasteiger charge is 2.34. The van der Waals surface area contributed by atoms with Gasteiger partial charge in [-0.25, -0.2) is 14.8 Å². The number of alkyl halides is 3. The Hall–Kier alpha value is -3.91. The molecule has 0 spiro atoms. The van der Waals surface area contributed by atoms with Gasteiger partial charge in [0.1, 0.15) is 10.8 Å². The number of nitrogens with two attached hydrogens (primary N) is 1. The van der Waals surface area contributed by atoms with Crippen molar-refractivity contribution in [3.05, 3.63) is 47.7 Å². The maximum atomic E-state index is 13.3. The molecule has 0 radical (unpaired) electrons. The van der Waals surface area contributed by atoms with Crippen LogP contribution in [0.5, 0.6) is 0 Å². The molecule has 0 aromatic carbocycles. The fourth-order valence-corrected chi connectivity index (χ4v) is 4.11. The summed E-state index contributed by atoms with van der Waals surface area (Å²) in [5, 5.41) is 14.2. The van der Waals surface area contributed by atoms with E-state index in [1.807, 2.05) is 13.8 Å². The highest BCUT2D eigenvalue weighted by atomic mass is 32.1. The van der Waals surface area contributed by atoms with Gasteiger partial charge in [-0.1, -0.05) is 13.8 Å². The van der Waals surface area contributed by atoms with Crippen molar-refractivity contribution >= 4 is 23.2 Å². The van der Waals surface area contributed by atoms with Gasteiger partial charge in [0.25, 0.3) is 0 Å². The Bertz CT molecular complexity index is 1400. The van der Waals surface area contributed by atoms with Crippen LogP contribution in [0, 0.1) is 5.92 Å². The summed E-state index contributed by atoms with van der Waals surface area (Å²) in [5.74, 6) is 0.693. The normalized spacial score (nSPS) is 12.5. The average Bonchev–Trinajstić information content (AvgIpc) is 3.54. The standard InChI is InChI=1S/C23H23F3N8O2S/c1-4-29-22(35)32-17-6-14(21-31-16(10-37-21)23(24,25)26)15(9-30-17)12-5-13(8-28-7-12)19-33-34-20(36-19)18(27)11(2)3/h5-11,18H,4,27H2,1-3H3,(H2,29,30,32,35). The van der Waals surface area contributed by atoms with Gasteiger partial charge in [-0.05, 0) is 25.0 Å². The summed E-state index contributed by atoms with van der Waals surface area (Å²) in [6, 6.07) is 2.22. The predicted octanol–water partition coefficient (Wildman–Crippen LogP) is 5.13. The van der Waals surface area contributed by atoms with Crippen LogP contribution in [0.15, 0.2) is 40.5 Å². The number of halogens is 3. The van der Waals surface area contributed by atoms with Gasteiger partial charge in [0, 0.05) is 47.2 Å². The van der Waals surface area contributed by atoms with Crippen molar-refractivity contribution in [1.82, 2.24) is 30.5 Å². The Kier molecular flexibility index (Phi) is 7.50. The van der Waals surface area contributed by atoms with E-state index >= 15 is 0 Å². The van der Waals surface area contributed by atoms with E-state index in [2.05, 4.69) is 35.8 Å². The van der Waals surface area contributed by atoms with Crippen molar-refractivity contribution in [3.63, 3.8) is 0 Å². The summed E-state index contributed by atoms with van der Waals surface area (Å²) >= 11 is 0.824. The number of hydrogen-bond acceptors (Lipinski definition) is 9. The lowest BCUT2D eigenvalue weighted by atomic mass is 10.0. The Morgan fingerprint density at radius 1 is 1.14 bits per heavy atom. The SMILES string of the molecule is CCNC(=O)Nc1cc(-c2nc(C(F)(F)F)cs2)c(-c2cncc(-c3nnc(C(N)C(C)C)o3)c2)cn1. The first-order chi connectivity index (χ1) is 17.6. The Balaban J connectivity index is 1.77. The second-order valence-corrected chi connectivity index (χ2v) is 9.17. The molecule has 4 aromatic rings. The molecule has 0 bridgehead atoms. The van der Waals surface area contributed by atoms with Crippen molar-refractivity contribution in [2.45, 2.75) is 33.0 Å². The molecule has 4 aromatic heterocycles. The zero-order valence-electron chi connectivity index (χ0n) is 20.0. The number of nitrogens with one attached hydrogen (secondary N) is 2. The van der Waals surface area contributed by atoms with Gasteiger partial charge < -0.3 is 15.5 Å². The van der Waals surface area contributed by atoms with Gasteiger partial charge in [-0.15, -0.1) is 21.5 Å². The minimum Gasteiger partial charge on any atom is -0.419 e. The van der Waals surface area contributed by atoms with Crippen LogP contribution in [-0.4, -0.2) is 37.7 Å². The number of anilines is 1. The molecule has 1 atom stereocenters. The van der Waals surface area contributed by atoms with Crippen molar-refractivity contribution in [3.8, 4) is 33.2 Å². The van der Waals surface area contributed by atoms with E-state index in [4.69, 9.17) is 10.2 Å². The molecule has 4 heterocycles. The Morgan fingerprint density at radius 3 is 2.57 bits per heavy atom. The van der Waals surface area contributed by atoms with Gasteiger partial charge >= 0.3 is 12.2 Å². The number of carbonyl (C=O) groups is 1. The van der Waals surface area contributed by atoms with Crippen LogP contribution in [0.25, 0.3) is 33.2 Å². The first-order valence-electron chi connectivity index (χ1n) is 11.2. The Morgan fingerprint density at radius 2 is 1.89 bits per heavy atom. The van der Waals surface area contributed by atoms with Crippen LogP contribution in [0.2, 0.25) is 0 Å². The molecule has 10 nitrogen and oxygen atoms in total.